The Labute approximate surface area is 175 Å². The molecular formula is C21H23N5O3S. The highest BCUT2D eigenvalue weighted by atomic mass is 32.2. The summed E-state index contributed by atoms with van der Waals surface area (Å²) in [5.41, 5.74) is 2.99. The van der Waals surface area contributed by atoms with Gasteiger partial charge in [0.2, 0.25) is 9.84 Å². The molecule has 2 aromatic heterocycles. The number of nitrogens with zero attached hydrogens (tertiary/aromatic N) is 4. The number of carbonyl (C=O) groups is 1. The van der Waals surface area contributed by atoms with Gasteiger partial charge in [0.05, 0.1) is 11.1 Å². The summed E-state index contributed by atoms with van der Waals surface area (Å²) >= 11 is 0. The van der Waals surface area contributed by atoms with Crippen LogP contribution in [0.4, 0.5) is 4.79 Å². The van der Waals surface area contributed by atoms with Gasteiger partial charge in [-0.3, -0.25) is 9.67 Å². The molecule has 0 radical (unpaired) electrons. The summed E-state index contributed by atoms with van der Waals surface area (Å²) in [6.45, 7) is 4.10. The minimum Gasteiger partial charge on any atom is -0.334 e. The maximum atomic E-state index is 12.8. The molecule has 0 unspecified atom stereocenters. The Bertz CT molecular complexity index is 1130. The van der Waals surface area contributed by atoms with Crippen LogP contribution in [0.25, 0.3) is 0 Å². The van der Waals surface area contributed by atoms with Crippen molar-refractivity contribution in [2.24, 2.45) is 0 Å². The predicted octanol–water partition coefficient (Wildman–Crippen LogP) is 2.75. The topological polar surface area (TPSA) is 97.2 Å². The van der Waals surface area contributed by atoms with Crippen molar-refractivity contribution in [3.8, 4) is 0 Å². The molecule has 3 heterocycles. The molecule has 0 fully saturated rings. The molecule has 1 aliphatic rings. The Hall–Kier alpha value is -3.20. The van der Waals surface area contributed by atoms with Gasteiger partial charge in [0.1, 0.15) is 4.90 Å². The van der Waals surface area contributed by atoms with Gasteiger partial charge in [-0.15, -0.1) is 0 Å². The minimum atomic E-state index is -3.61. The number of fused-ring (bicyclic) bond motifs is 1. The lowest BCUT2D eigenvalue weighted by Gasteiger charge is -2.16. The Morgan fingerprint density at radius 2 is 1.83 bits per heavy atom. The van der Waals surface area contributed by atoms with E-state index in [9.17, 15) is 13.2 Å². The number of hydrogen-bond acceptors (Lipinski definition) is 5. The van der Waals surface area contributed by atoms with Crippen molar-refractivity contribution in [3.05, 3.63) is 71.8 Å². The second kappa shape index (κ2) is 8.27. The van der Waals surface area contributed by atoms with Crippen molar-refractivity contribution in [1.29, 1.82) is 0 Å². The lowest BCUT2D eigenvalue weighted by molar-refractivity contribution is 0.198. The maximum Gasteiger partial charge on any atom is 0.318 e. The molecule has 1 aromatic carbocycles. The average molecular weight is 426 g/mol. The third kappa shape index (κ3) is 4.06. The van der Waals surface area contributed by atoms with Gasteiger partial charge in [-0.05, 0) is 41.3 Å². The van der Waals surface area contributed by atoms with Gasteiger partial charge in [-0.1, -0.05) is 19.1 Å². The zero-order valence-corrected chi connectivity index (χ0v) is 17.5. The van der Waals surface area contributed by atoms with E-state index >= 15 is 0 Å². The summed E-state index contributed by atoms with van der Waals surface area (Å²) in [5.74, 6) is 0. The standard InChI is InChI=1S/C21H23N5O3S/c1-2-9-26-15-20(12-24-26)30(28,29)19-5-3-16(4-6-19)10-23-21(27)25-13-17-7-8-22-11-18(17)14-25/h3-8,11-12,15H,2,9-10,13-14H2,1H3,(H,23,27). The van der Waals surface area contributed by atoms with E-state index in [1.165, 1.54) is 6.20 Å². The second-order valence-corrected chi connectivity index (χ2v) is 9.20. The Morgan fingerprint density at radius 1 is 1.07 bits per heavy atom. The van der Waals surface area contributed by atoms with Gasteiger partial charge in [-0.25, -0.2) is 13.2 Å². The molecule has 0 saturated heterocycles. The third-order valence-electron chi connectivity index (χ3n) is 5.06. The quantitative estimate of drug-likeness (QED) is 0.655. The Balaban J connectivity index is 1.37. The number of nitrogens with one attached hydrogen (secondary N) is 1. The molecule has 0 bridgehead atoms. The molecule has 4 rings (SSSR count). The number of aryl methyl sites for hydroxylation is 1. The first-order valence-electron chi connectivity index (χ1n) is 9.78. The smallest absolute Gasteiger partial charge is 0.318 e. The van der Waals surface area contributed by atoms with E-state index in [1.54, 1.807) is 52.4 Å². The van der Waals surface area contributed by atoms with Crippen LogP contribution in [0.2, 0.25) is 0 Å². The summed E-state index contributed by atoms with van der Waals surface area (Å²) < 4.78 is 27.2. The van der Waals surface area contributed by atoms with Crippen molar-refractivity contribution in [2.45, 2.75) is 49.3 Å². The molecule has 0 aliphatic carbocycles. The summed E-state index contributed by atoms with van der Waals surface area (Å²) in [5, 5.41) is 6.99. The molecule has 3 aromatic rings. The predicted molar refractivity (Wildman–Crippen MR) is 110 cm³/mol. The van der Waals surface area contributed by atoms with Crippen LogP contribution in [0.3, 0.4) is 0 Å². The molecular weight excluding hydrogens is 402 g/mol. The fraction of sp³-hybridized carbons (Fsp3) is 0.286. The van der Waals surface area contributed by atoms with Gasteiger partial charge < -0.3 is 10.2 Å². The zero-order valence-electron chi connectivity index (χ0n) is 16.7. The number of pyridine rings is 1. The highest BCUT2D eigenvalue weighted by Crippen LogP contribution is 2.22. The summed E-state index contributed by atoms with van der Waals surface area (Å²) in [7, 11) is -3.61. The van der Waals surface area contributed by atoms with Crippen LogP contribution < -0.4 is 5.32 Å². The van der Waals surface area contributed by atoms with Crippen LogP contribution in [0.5, 0.6) is 0 Å². The normalized spacial score (nSPS) is 13.3. The molecule has 1 N–H and O–H groups in total. The van der Waals surface area contributed by atoms with Crippen molar-refractivity contribution >= 4 is 15.9 Å². The van der Waals surface area contributed by atoms with Gasteiger partial charge in [0, 0.05) is 44.8 Å². The molecule has 2 amide bonds. The van der Waals surface area contributed by atoms with E-state index in [2.05, 4.69) is 15.4 Å². The number of hydrogen-bond donors (Lipinski definition) is 1. The number of amides is 2. The summed E-state index contributed by atoms with van der Waals surface area (Å²) in [6.07, 6.45) is 7.32. The lowest BCUT2D eigenvalue weighted by atomic mass is 10.2. The molecule has 156 valence electrons. The molecule has 1 aliphatic heterocycles. The van der Waals surface area contributed by atoms with Crippen LogP contribution in [-0.4, -0.2) is 34.1 Å². The third-order valence-corrected chi connectivity index (χ3v) is 6.79. The summed E-state index contributed by atoms with van der Waals surface area (Å²) in [6, 6.07) is 8.31. The number of rotatable bonds is 6. The number of carbonyl (C=O) groups excluding carboxylic acids is 1. The lowest BCUT2D eigenvalue weighted by Crippen LogP contribution is -2.35. The van der Waals surface area contributed by atoms with Gasteiger partial charge in [0.15, 0.2) is 0 Å². The first-order valence-corrected chi connectivity index (χ1v) is 11.3. The maximum absolute atomic E-state index is 12.8. The minimum absolute atomic E-state index is 0.161. The number of sulfone groups is 1. The fourth-order valence-electron chi connectivity index (χ4n) is 3.41. The van der Waals surface area contributed by atoms with Crippen LogP contribution in [-0.2, 0) is 36.0 Å². The molecule has 8 nitrogen and oxygen atoms in total. The van der Waals surface area contributed by atoms with Crippen molar-refractivity contribution in [1.82, 2.24) is 25.0 Å². The first kappa shape index (κ1) is 20.1. The Kier molecular flexibility index (Phi) is 5.54. The number of benzene rings is 1. The van der Waals surface area contributed by atoms with E-state index in [4.69, 9.17) is 0 Å². The van der Waals surface area contributed by atoms with Crippen LogP contribution >= 0.6 is 0 Å². The van der Waals surface area contributed by atoms with Crippen molar-refractivity contribution < 1.29 is 13.2 Å². The summed E-state index contributed by atoms with van der Waals surface area (Å²) in [4.78, 5) is 18.6. The number of urea groups is 1. The van der Waals surface area contributed by atoms with Gasteiger partial charge >= 0.3 is 6.03 Å². The van der Waals surface area contributed by atoms with Crippen LogP contribution in [0.15, 0.2) is 64.9 Å². The van der Waals surface area contributed by atoms with E-state index in [1.807, 2.05) is 13.0 Å². The van der Waals surface area contributed by atoms with Gasteiger partial charge in [0.25, 0.3) is 0 Å². The number of aromatic nitrogens is 3. The molecule has 30 heavy (non-hydrogen) atoms. The second-order valence-electron chi connectivity index (χ2n) is 7.25. The van der Waals surface area contributed by atoms with E-state index in [0.717, 1.165) is 23.1 Å². The highest BCUT2D eigenvalue weighted by Gasteiger charge is 2.23. The van der Waals surface area contributed by atoms with E-state index in [-0.39, 0.29) is 15.8 Å². The highest BCUT2D eigenvalue weighted by molar-refractivity contribution is 7.91. The molecule has 0 spiro atoms. The largest absolute Gasteiger partial charge is 0.334 e. The van der Waals surface area contributed by atoms with E-state index < -0.39 is 9.84 Å². The molecule has 9 heteroatoms. The molecule has 0 atom stereocenters. The monoisotopic (exact) mass is 425 g/mol. The van der Waals surface area contributed by atoms with Gasteiger partial charge in [-0.2, -0.15) is 5.10 Å². The Morgan fingerprint density at radius 3 is 2.57 bits per heavy atom. The van der Waals surface area contributed by atoms with Crippen molar-refractivity contribution in [2.75, 3.05) is 0 Å². The van der Waals surface area contributed by atoms with Crippen molar-refractivity contribution in [3.63, 3.8) is 0 Å². The van der Waals surface area contributed by atoms with E-state index in [0.29, 0.717) is 26.2 Å². The zero-order chi connectivity index (χ0) is 21.1. The average Bonchev–Trinajstić information content (AvgIpc) is 3.40. The van der Waals surface area contributed by atoms with Crippen LogP contribution in [0.1, 0.15) is 30.0 Å². The first-order chi connectivity index (χ1) is 14.5. The molecule has 0 saturated carbocycles. The van der Waals surface area contributed by atoms with Crippen LogP contribution in [0, 0.1) is 0 Å². The fourth-order valence-corrected chi connectivity index (χ4v) is 4.62. The SMILES string of the molecule is CCCn1cc(S(=O)(=O)c2ccc(CNC(=O)N3Cc4ccncc4C3)cc2)cn1.